The van der Waals surface area contributed by atoms with Crippen molar-refractivity contribution in [2.75, 3.05) is 13.1 Å². The lowest BCUT2D eigenvalue weighted by Gasteiger charge is -2.24. The van der Waals surface area contributed by atoms with E-state index in [2.05, 4.69) is 35.1 Å². The van der Waals surface area contributed by atoms with Crippen LogP contribution >= 0.6 is 15.9 Å². The Morgan fingerprint density at radius 1 is 1.40 bits per heavy atom. The van der Waals surface area contributed by atoms with E-state index in [0.29, 0.717) is 6.54 Å². The molecule has 0 unspecified atom stereocenters. The standard InChI is InChI=1S/C12H14BrNO/c1-12(2)7-14-6-11(15)9-5-8(13)3-4-10(9)12/h3-5,14H,6-7H2,1-2H3. The van der Waals surface area contributed by atoms with Crippen LogP contribution in [0.3, 0.4) is 0 Å². The summed E-state index contributed by atoms with van der Waals surface area (Å²) in [6.45, 7) is 5.59. The van der Waals surface area contributed by atoms with Gasteiger partial charge in [0.25, 0.3) is 0 Å². The largest absolute Gasteiger partial charge is 0.309 e. The van der Waals surface area contributed by atoms with Crippen molar-refractivity contribution in [3.63, 3.8) is 0 Å². The van der Waals surface area contributed by atoms with Crippen LogP contribution in [0, 0.1) is 0 Å². The molecular weight excluding hydrogens is 254 g/mol. The molecule has 1 aliphatic rings. The Bertz CT molecular complexity index is 412. The first-order valence-corrected chi connectivity index (χ1v) is 5.84. The number of nitrogens with one attached hydrogen (secondary N) is 1. The van der Waals surface area contributed by atoms with E-state index in [1.54, 1.807) is 0 Å². The van der Waals surface area contributed by atoms with Gasteiger partial charge in [-0.2, -0.15) is 0 Å². The van der Waals surface area contributed by atoms with Crippen molar-refractivity contribution in [1.82, 2.24) is 5.32 Å². The van der Waals surface area contributed by atoms with Gasteiger partial charge >= 0.3 is 0 Å². The van der Waals surface area contributed by atoms with Gasteiger partial charge in [0.15, 0.2) is 5.78 Å². The Morgan fingerprint density at radius 2 is 2.13 bits per heavy atom. The van der Waals surface area contributed by atoms with Crippen LogP contribution in [0.15, 0.2) is 22.7 Å². The second kappa shape index (κ2) is 3.72. The van der Waals surface area contributed by atoms with Gasteiger partial charge in [-0.1, -0.05) is 35.8 Å². The Morgan fingerprint density at radius 3 is 2.87 bits per heavy atom. The van der Waals surface area contributed by atoms with Gasteiger partial charge in [0.2, 0.25) is 0 Å². The maximum atomic E-state index is 11.9. The van der Waals surface area contributed by atoms with Crippen LogP contribution in [-0.2, 0) is 5.41 Å². The van der Waals surface area contributed by atoms with Gasteiger partial charge in [0, 0.05) is 22.0 Å². The van der Waals surface area contributed by atoms with Crippen LogP contribution in [0.2, 0.25) is 0 Å². The molecule has 0 aliphatic carbocycles. The molecule has 15 heavy (non-hydrogen) atoms. The number of halogens is 1. The van der Waals surface area contributed by atoms with Gasteiger partial charge in [-0.3, -0.25) is 4.79 Å². The zero-order valence-corrected chi connectivity index (χ0v) is 10.5. The topological polar surface area (TPSA) is 29.1 Å². The third-order valence-electron chi connectivity index (χ3n) is 2.86. The highest BCUT2D eigenvalue weighted by atomic mass is 79.9. The molecule has 1 heterocycles. The number of fused-ring (bicyclic) bond motifs is 1. The van der Waals surface area contributed by atoms with E-state index in [4.69, 9.17) is 0 Å². The van der Waals surface area contributed by atoms with Crippen LogP contribution in [0.5, 0.6) is 0 Å². The average Bonchev–Trinajstić information content (AvgIpc) is 2.25. The molecule has 0 radical (unpaired) electrons. The fraction of sp³-hybridized carbons (Fsp3) is 0.417. The lowest BCUT2D eigenvalue weighted by molar-refractivity contribution is 0.0994. The minimum Gasteiger partial charge on any atom is -0.309 e. The Kier molecular flexibility index (Phi) is 2.69. The van der Waals surface area contributed by atoms with Crippen LogP contribution in [-0.4, -0.2) is 18.9 Å². The molecule has 0 saturated heterocycles. The second-order valence-corrected chi connectivity index (χ2v) is 5.52. The predicted octanol–water partition coefficient (Wildman–Crippen LogP) is 2.51. The van der Waals surface area contributed by atoms with Crippen LogP contribution in [0.1, 0.15) is 29.8 Å². The van der Waals surface area contributed by atoms with Gasteiger partial charge in [-0.15, -0.1) is 0 Å². The van der Waals surface area contributed by atoms with Gasteiger partial charge < -0.3 is 5.32 Å². The first-order valence-electron chi connectivity index (χ1n) is 5.05. The van der Waals surface area contributed by atoms with Gasteiger partial charge in [-0.25, -0.2) is 0 Å². The van der Waals surface area contributed by atoms with E-state index in [1.807, 2.05) is 18.2 Å². The molecule has 1 N–H and O–H groups in total. The molecule has 0 amide bonds. The summed E-state index contributed by atoms with van der Waals surface area (Å²) in [5.74, 6) is 0.178. The van der Waals surface area contributed by atoms with E-state index in [-0.39, 0.29) is 11.2 Å². The Labute approximate surface area is 98.2 Å². The maximum absolute atomic E-state index is 11.9. The summed E-state index contributed by atoms with van der Waals surface area (Å²) in [5.41, 5.74) is 2.00. The van der Waals surface area contributed by atoms with E-state index in [1.165, 1.54) is 0 Å². The van der Waals surface area contributed by atoms with Crippen molar-refractivity contribution in [2.45, 2.75) is 19.3 Å². The molecule has 1 aromatic carbocycles. The Hall–Kier alpha value is -0.670. The average molecular weight is 268 g/mol. The predicted molar refractivity (Wildman–Crippen MR) is 64.4 cm³/mol. The number of hydrogen-bond acceptors (Lipinski definition) is 2. The molecule has 0 saturated carbocycles. The molecular formula is C12H14BrNO. The Balaban J connectivity index is 2.62. The van der Waals surface area contributed by atoms with Crippen molar-refractivity contribution < 1.29 is 4.79 Å². The molecule has 0 fully saturated rings. The van der Waals surface area contributed by atoms with E-state index >= 15 is 0 Å². The number of carbonyl (C=O) groups excluding carboxylic acids is 1. The molecule has 0 atom stereocenters. The van der Waals surface area contributed by atoms with Gasteiger partial charge in [-0.05, 0) is 17.7 Å². The fourth-order valence-electron chi connectivity index (χ4n) is 2.02. The van der Waals surface area contributed by atoms with Crippen molar-refractivity contribution in [2.24, 2.45) is 0 Å². The van der Waals surface area contributed by atoms with Gasteiger partial charge in [0.1, 0.15) is 0 Å². The molecule has 0 spiro atoms. The quantitative estimate of drug-likeness (QED) is 0.783. The summed E-state index contributed by atoms with van der Waals surface area (Å²) in [5, 5.41) is 3.19. The summed E-state index contributed by atoms with van der Waals surface area (Å²) in [6.07, 6.45) is 0. The summed E-state index contributed by atoms with van der Waals surface area (Å²) in [6, 6.07) is 5.97. The normalized spacial score (nSPS) is 19.5. The van der Waals surface area contributed by atoms with Crippen LogP contribution in [0.25, 0.3) is 0 Å². The highest BCUT2D eigenvalue weighted by Gasteiger charge is 2.28. The molecule has 80 valence electrons. The molecule has 0 aromatic heterocycles. The summed E-state index contributed by atoms with van der Waals surface area (Å²) in [7, 11) is 0. The number of hydrogen-bond donors (Lipinski definition) is 1. The highest BCUT2D eigenvalue weighted by Crippen LogP contribution is 2.30. The molecule has 1 aromatic rings. The molecule has 3 heteroatoms. The van der Waals surface area contributed by atoms with E-state index in [0.717, 1.165) is 22.1 Å². The number of rotatable bonds is 0. The molecule has 0 bridgehead atoms. The molecule has 2 nitrogen and oxygen atoms in total. The van der Waals surface area contributed by atoms with Crippen molar-refractivity contribution in [3.05, 3.63) is 33.8 Å². The summed E-state index contributed by atoms with van der Waals surface area (Å²) in [4.78, 5) is 11.9. The van der Waals surface area contributed by atoms with Gasteiger partial charge in [0.05, 0.1) is 6.54 Å². The fourth-order valence-corrected chi connectivity index (χ4v) is 2.38. The van der Waals surface area contributed by atoms with E-state index < -0.39 is 0 Å². The SMILES string of the molecule is CC1(C)CNCC(=O)c2cc(Br)ccc21. The molecule has 2 rings (SSSR count). The van der Waals surface area contributed by atoms with Crippen molar-refractivity contribution >= 4 is 21.7 Å². The maximum Gasteiger partial charge on any atom is 0.176 e. The zero-order chi connectivity index (χ0) is 11.1. The van der Waals surface area contributed by atoms with Crippen molar-refractivity contribution in [3.8, 4) is 0 Å². The number of benzene rings is 1. The third kappa shape index (κ3) is 1.99. The van der Waals surface area contributed by atoms with Crippen LogP contribution < -0.4 is 5.32 Å². The second-order valence-electron chi connectivity index (χ2n) is 4.60. The zero-order valence-electron chi connectivity index (χ0n) is 8.93. The smallest absolute Gasteiger partial charge is 0.176 e. The highest BCUT2D eigenvalue weighted by molar-refractivity contribution is 9.10. The van der Waals surface area contributed by atoms with Crippen molar-refractivity contribution in [1.29, 1.82) is 0 Å². The van der Waals surface area contributed by atoms with Crippen LogP contribution in [0.4, 0.5) is 0 Å². The first kappa shape index (κ1) is 10.8. The third-order valence-corrected chi connectivity index (χ3v) is 3.36. The number of carbonyl (C=O) groups is 1. The first-order chi connectivity index (χ1) is 7.00. The van der Waals surface area contributed by atoms with E-state index in [9.17, 15) is 4.79 Å². The monoisotopic (exact) mass is 267 g/mol. The lowest BCUT2D eigenvalue weighted by Crippen LogP contribution is -2.31. The summed E-state index contributed by atoms with van der Waals surface area (Å²) < 4.78 is 0.965. The number of Topliss-reactive ketones (excluding diaryl/α,β-unsaturated/α-hetero) is 1. The lowest BCUT2D eigenvalue weighted by atomic mass is 9.82. The molecule has 1 aliphatic heterocycles. The number of ketones is 1. The minimum absolute atomic E-state index is 0.0161. The summed E-state index contributed by atoms with van der Waals surface area (Å²) >= 11 is 3.41. The minimum atomic E-state index is 0.0161.